The van der Waals surface area contributed by atoms with Crippen LogP contribution in [0, 0.1) is 11.3 Å². The number of anilines is 1. The standard InChI is InChI=1S/C20H22ClN3O2.ClH/c21-17-4-2-1-3-14(17)12-24-13-15(5-6-18(24)25)23-19(26)16-11-20(16)7-9-22-10-8-20;/h1-6,13,16,22H,7-12H2,(H,23,26);1H. The van der Waals surface area contributed by atoms with Crippen LogP contribution in [0.4, 0.5) is 5.69 Å². The van der Waals surface area contributed by atoms with Gasteiger partial charge in [-0.25, -0.2) is 0 Å². The van der Waals surface area contributed by atoms with Gasteiger partial charge in [0.15, 0.2) is 0 Å². The van der Waals surface area contributed by atoms with E-state index in [-0.39, 0.29) is 35.2 Å². The minimum absolute atomic E-state index is 0. The molecule has 7 heteroatoms. The maximum Gasteiger partial charge on any atom is 0.250 e. The monoisotopic (exact) mass is 407 g/mol. The second-order valence-electron chi connectivity index (χ2n) is 7.33. The quantitative estimate of drug-likeness (QED) is 0.816. The zero-order chi connectivity index (χ0) is 18.1. The number of aromatic nitrogens is 1. The molecular weight excluding hydrogens is 385 g/mol. The van der Waals surface area contributed by atoms with Gasteiger partial charge in [0.25, 0.3) is 5.56 Å². The molecule has 1 aromatic carbocycles. The molecule has 1 saturated carbocycles. The summed E-state index contributed by atoms with van der Waals surface area (Å²) in [6.07, 6.45) is 4.80. The lowest BCUT2D eigenvalue weighted by atomic mass is 9.92. The summed E-state index contributed by atoms with van der Waals surface area (Å²) < 4.78 is 1.57. The molecule has 2 N–H and O–H groups in total. The van der Waals surface area contributed by atoms with Crippen molar-refractivity contribution in [1.82, 2.24) is 9.88 Å². The Balaban J connectivity index is 0.00000210. The third-order valence-electron chi connectivity index (χ3n) is 5.66. The molecule has 1 aromatic heterocycles. The first-order valence-electron chi connectivity index (χ1n) is 9.03. The molecule has 2 aliphatic rings. The first-order chi connectivity index (χ1) is 12.6. The topological polar surface area (TPSA) is 63.1 Å². The van der Waals surface area contributed by atoms with Gasteiger partial charge in [0.1, 0.15) is 0 Å². The van der Waals surface area contributed by atoms with E-state index in [9.17, 15) is 9.59 Å². The highest BCUT2D eigenvalue weighted by Crippen LogP contribution is 2.58. The fourth-order valence-corrected chi connectivity index (χ4v) is 4.16. The van der Waals surface area contributed by atoms with Gasteiger partial charge in [0.2, 0.25) is 5.91 Å². The van der Waals surface area contributed by atoms with Crippen LogP contribution in [0.5, 0.6) is 0 Å². The highest BCUT2D eigenvalue weighted by Gasteiger charge is 2.57. The SMILES string of the molecule is Cl.O=C(Nc1ccc(=O)n(Cc2ccccc2Cl)c1)C1CC12CCNCC2. The van der Waals surface area contributed by atoms with Gasteiger partial charge < -0.3 is 15.2 Å². The summed E-state index contributed by atoms with van der Waals surface area (Å²) in [6, 6.07) is 10.6. The Morgan fingerprint density at radius 3 is 2.70 bits per heavy atom. The van der Waals surface area contributed by atoms with Gasteiger partial charge in [-0.1, -0.05) is 29.8 Å². The lowest BCUT2D eigenvalue weighted by Crippen LogP contribution is -2.31. The van der Waals surface area contributed by atoms with E-state index in [1.54, 1.807) is 22.9 Å². The number of benzene rings is 1. The van der Waals surface area contributed by atoms with Crippen LogP contribution in [0.1, 0.15) is 24.8 Å². The molecule has 1 saturated heterocycles. The van der Waals surface area contributed by atoms with Crippen molar-refractivity contribution < 1.29 is 4.79 Å². The van der Waals surface area contributed by atoms with Crippen molar-refractivity contribution in [3.63, 3.8) is 0 Å². The number of rotatable bonds is 4. The summed E-state index contributed by atoms with van der Waals surface area (Å²) in [5.41, 5.74) is 1.60. The number of nitrogens with zero attached hydrogens (tertiary/aromatic N) is 1. The van der Waals surface area contributed by atoms with Gasteiger partial charge in [-0.05, 0) is 55.5 Å². The van der Waals surface area contributed by atoms with Crippen molar-refractivity contribution in [2.45, 2.75) is 25.8 Å². The molecular formula is C20H23Cl2N3O2. The van der Waals surface area contributed by atoms with E-state index >= 15 is 0 Å². The Kier molecular flexibility index (Phi) is 5.94. The van der Waals surface area contributed by atoms with Crippen LogP contribution in [0.25, 0.3) is 0 Å². The van der Waals surface area contributed by atoms with E-state index in [0.29, 0.717) is 17.3 Å². The molecule has 2 fully saturated rings. The molecule has 1 aliphatic carbocycles. The highest BCUT2D eigenvalue weighted by atomic mass is 35.5. The summed E-state index contributed by atoms with van der Waals surface area (Å²) in [6.45, 7) is 2.36. The number of hydrogen-bond donors (Lipinski definition) is 2. The summed E-state index contributed by atoms with van der Waals surface area (Å²) in [4.78, 5) is 24.8. The molecule has 2 aromatic rings. The van der Waals surface area contributed by atoms with Crippen LogP contribution in [-0.2, 0) is 11.3 Å². The smallest absolute Gasteiger partial charge is 0.250 e. The molecule has 27 heavy (non-hydrogen) atoms. The van der Waals surface area contributed by atoms with E-state index in [0.717, 1.165) is 37.9 Å². The third-order valence-corrected chi connectivity index (χ3v) is 6.02. The first-order valence-corrected chi connectivity index (χ1v) is 9.41. The average Bonchev–Trinajstić information content (AvgIpc) is 3.33. The molecule has 2 heterocycles. The maximum absolute atomic E-state index is 12.6. The first kappa shape index (κ1) is 19.9. The number of halogens is 2. The zero-order valence-corrected chi connectivity index (χ0v) is 16.5. The van der Waals surface area contributed by atoms with E-state index in [1.165, 1.54) is 6.07 Å². The fourth-order valence-electron chi connectivity index (χ4n) is 3.96. The average molecular weight is 408 g/mol. The van der Waals surface area contributed by atoms with Gasteiger partial charge in [0.05, 0.1) is 12.2 Å². The number of pyridine rings is 1. The number of carbonyl (C=O) groups is 1. The maximum atomic E-state index is 12.6. The predicted molar refractivity (Wildman–Crippen MR) is 110 cm³/mol. The lowest BCUT2D eigenvalue weighted by molar-refractivity contribution is -0.118. The Morgan fingerprint density at radius 1 is 1.22 bits per heavy atom. The van der Waals surface area contributed by atoms with Crippen LogP contribution in [0.2, 0.25) is 5.02 Å². The van der Waals surface area contributed by atoms with Crippen molar-refractivity contribution in [3.8, 4) is 0 Å². The van der Waals surface area contributed by atoms with Crippen molar-refractivity contribution in [3.05, 3.63) is 63.5 Å². The Labute approximate surface area is 169 Å². The summed E-state index contributed by atoms with van der Waals surface area (Å²) in [5, 5.41) is 6.97. The van der Waals surface area contributed by atoms with Gasteiger partial charge in [-0.3, -0.25) is 9.59 Å². The molecule has 1 amide bonds. The summed E-state index contributed by atoms with van der Waals surface area (Å²) >= 11 is 6.19. The van der Waals surface area contributed by atoms with E-state index < -0.39 is 0 Å². The summed E-state index contributed by atoms with van der Waals surface area (Å²) in [5.74, 6) is 0.156. The van der Waals surface area contributed by atoms with Crippen molar-refractivity contribution >= 4 is 35.6 Å². The molecule has 0 bridgehead atoms. The highest BCUT2D eigenvalue weighted by molar-refractivity contribution is 6.31. The van der Waals surface area contributed by atoms with Crippen LogP contribution in [-0.4, -0.2) is 23.6 Å². The number of carbonyl (C=O) groups excluding carboxylic acids is 1. The fraction of sp³-hybridized carbons (Fsp3) is 0.400. The Morgan fingerprint density at radius 2 is 1.96 bits per heavy atom. The van der Waals surface area contributed by atoms with Gasteiger partial charge >= 0.3 is 0 Å². The number of nitrogens with one attached hydrogen (secondary N) is 2. The minimum Gasteiger partial charge on any atom is -0.325 e. The molecule has 5 nitrogen and oxygen atoms in total. The predicted octanol–water partition coefficient (Wildman–Crippen LogP) is 3.30. The minimum atomic E-state index is -0.121. The summed E-state index contributed by atoms with van der Waals surface area (Å²) in [7, 11) is 0. The molecule has 1 unspecified atom stereocenters. The Bertz CT molecular complexity index is 891. The van der Waals surface area contributed by atoms with E-state index in [4.69, 9.17) is 11.6 Å². The van der Waals surface area contributed by atoms with Crippen LogP contribution < -0.4 is 16.2 Å². The molecule has 1 spiro atoms. The number of amides is 1. The molecule has 144 valence electrons. The van der Waals surface area contributed by atoms with Gasteiger partial charge in [-0.2, -0.15) is 0 Å². The lowest BCUT2D eigenvalue weighted by Gasteiger charge is -2.23. The van der Waals surface area contributed by atoms with E-state index in [2.05, 4.69) is 10.6 Å². The number of piperidine rings is 1. The molecule has 1 aliphatic heterocycles. The van der Waals surface area contributed by atoms with Crippen LogP contribution in [0.3, 0.4) is 0 Å². The zero-order valence-electron chi connectivity index (χ0n) is 14.9. The van der Waals surface area contributed by atoms with Gasteiger partial charge in [-0.15, -0.1) is 12.4 Å². The molecule has 0 radical (unpaired) electrons. The van der Waals surface area contributed by atoms with Crippen molar-refractivity contribution in [2.75, 3.05) is 18.4 Å². The van der Waals surface area contributed by atoms with Crippen molar-refractivity contribution in [1.29, 1.82) is 0 Å². The van der Waals surface area contributed by atoms with Crippen LogP contribution >= 0.6 is 24.0 Å². The largest absolute Gasteiger partial charge is 0.325 e. The molecule has 4 rings (SSSR count). The normalized spacial score (nSPS) is 20.0. The van der Waals surface area contributed by atoms with Gasteiger partial charge in [0, 0.05) is 23.2 Å². The third kappa shape index (κ3) is 4.21. The number of hydrogen-bond acceptors (Lipinski definition) is 3. The molecule has 1 atom stereocenters. The van der Waals surface area contributed by atoms with Crippen LogP contribution in [0.15, 0.2) is 47.4 Å². The second-order valence-corrected chi connectivity index (χ2v) is 7.74. The van der Waals surface area contributed by atoms with Crippen molar-refractivity contribution in [2.24, 2.45) is 11.3 Å². The second kappa shape index (κ2) is 8.05. The Hall–Kier alpha value is -1.82. The van der Waals surface area contributed by atoms with E-state index in [1.807, 2.05) is 18.2 Å².